The van der Waals surface area contributed by atoms with Crippen LogP contribution >= 0.6 is 23.4 Å². The molecule has 1 rings (SSSR count). The molecule has 0 aliphatic carbocycles. The van der Waals surface area contributed by atoms with Crippen LogP contribution in [0.4, 0.5) is 5.69 Å². The highest BCUT2D eigenvalue weighted by molar-refractivity contribution is 7.99. The Balaban J connectivity index is 2.86. The number of halogens is 1. The lowest BCUT2D eigenvalue weighted by Crippen LogP contribution is -1.92. The summed E-state index contributed by atoms with van der Waals surface area (Å²) in [5, 5.41) is 0.589. The van der Waals surface area contributed by atoms with Crippen LogP contribution < -0.4 is 11.5 Å². The van der Waals surface area contributed by atoms with E-state index in [0.717, 1.165) is 4.90 Å². The molecule has 2 nitrogen and oxygen atoms in total. The van der Waals surface area contributed by atoms with E-state index >= 15 is 0 Å². The molecule has 11 heavy (non-hydrogen) atoms. The summed E-state index contributed by atoms with van der Waals surface area (Å²) in [6, 6.07) is 5.49. The van der Waals surface area contributed by atoms with Gasteiger partial charge in [-0.15, -0.1) is 11.8 Å². The standard InChI is InChI=1S/C7H9ClN2S/c8-6-2-1-5(11-4-9)3-7(6)10/h1-3H,4,9-10H2. The lowest BCUT2D eigenvalue weighted by atomic mass is 10.3. The van der Waals surface area contributed by atoms with Crippen LogP contribution in [0.3, 0.4) is 0 Å². The summed E-state index contributed by atoms with van der Waals surface area (Å²) in [7, 11) is 0. The Morgan fingerprint density at radius 1 is 1.45 bits per heavy atom. The number of thioether (sulfide) groups is 1. The third kappa shape index (κ3) is 2.29. The maximum atomic E-state index is 5.72. The van der Waals surface area contributed by atoms with E-state index in [1.54, 1.807) is 6.07 Å². The minimum absolute atomic E-state index is 0.557. The van der Waals surface area contributed by atoms with Crippen LogP contribution in [0, 0.1) is 0 Å². The van der Waals surface area contributed by atoms with Crippen molar-refractivity contribution in [2.75, 3.05) is 11.6 Å². The Kier molecular flexibility index (Phi) is 3.05. The van der Waals surface area contributed by atoms with Gasteiger partial charge in [-0.3, -0.25) is 0 Å². The fourth-order valence-electron chi connectivity index (χ4n) is 0.708. The molecule has 0 heterocycles. The van der Waals surface area contributed by atoms with Crippen LogP contribution in [-0.2, 0) is 0 Å². The van der Waals surface area contributed by atoms with Crippen molar-refractivity contribution in [1.82, 2.24) is 0 Å². The fourth-order valence-corrected chi connectivity index (χ4v) is 1.39. The molecule has 0 atom stereocenters. The number of hydrogen-bond donors (Lipinski definition) is 2. The largest absolute Gasteiger partial charge is 0.397 e. The van der Waals surface area contributed by atoms with E-state index in [1.165, 1.54) is 11.8 Å². The van der Waals surface area contributed by atoms with E-state index in [2.05, 4.69) is 0 Å². The molecule has 4 N–H and O–H groups in total. The molecule has 0 unspecified atom stereocenters. The summed E-state index contributed by atoms with van der Waals surface area (Å²) in [6.07, 6.45) is 0. The van der Waals surface area contributed by atoms with Crippen LogP contribution in [0.5, 0.6) is 0 Å². The Morgan fingerprint density at radius 3 is 2.73 bits per heavy atom. The van der Waals surface area contributed by atoms with Crippen molar-refractivity contribution in [2.24, 2.45) is 5.73 Å². The van der Waals surface area contributed by atoms with E-state index in [-0.39, 0.29) is 0 Å². The van der Waals surface area contributed by atoms with Gasteiger partial charge in [-0.2, -0.15) is 0 Å². The molecule has 0 saturated carbocycles. The lowest BCUT2D eigenvalue weighted by Gasteiger charge is -2.00. The summed E-state index contributed by atoms with van der Waals surface area (Å²) in [5.74, 6) is 0.557. The molecular formula is C7H9ClN2S. The third-order valence-corrected chi connectivity index (χ3v) is 2.32. The molecule has 0 fully saturated rings. The lowest BCUT2D eigenvalue weighted by molar-refractivity contribution is 1.37. The summed E-state index contributed by atoms with van der Waals surface area (Å²) in [4.78, 5) is 1.05. The number of anilines is 1. The highest BCUT2D eigenvalue weighted by Crippen LogP contribution is 2.24. The van der Waals surface area contributed by atoms with E-state index in [4.69, 9.17) is 23.1 Å². The predicted octanol–water partition coefficient (Wildman–Crippen LogP) is 1.93. The molecule has 0 saturated heterocycles. The molecule has 0 spiro atoms. The van der Waals surface area contributed by atoms with Crippen molar-refractivity contribution in [3.8, 4) is 0 Å². The average Bonchev–Trinajstić information content (AvgIpc) is 1.98. The van der Waals surface area contributed by atoms with Crippen molar-refractivity contribution in [3.63, 3.8) is 0 Å². The average molecular weight is 189 g/mol. The van der Waals surface area contributed by atoms with Gasteiger partial charge in [-0.1, -0.05) is 11.6 Å². The fraction of sp³-hybridized carbons (Fsp3) is 0.143. The van der Waals surface area contributed by atoms with Crippen molar-refractivity contribution >= 4 is 29.1 Å². The Hall–Kier alpha value is -0.380. The number of benzene rings is 1. The van der Waals surface area contributed by atoms with E-state index in [1.807, 2.05) is 12.1 Å². The first-order chi connectivity index (χ1) is 5.24. The van der Waals surface area contributed by atoms with Crippen molar-refractivity contribution in [3.05, 3.63) is 23.2 Å². The molecule has 0 aliphatic rings. The van der Waals surface area contributed by atoms with Gasteiger partial charge >= 0.3 is 0 Å². The quantitative estimate of drug-likeness (QED) is 0.424. The number of rotatable bonds is 2. The van der Waals surface area contributed by atoms with Crippen molar-refractivity contribution < 1.29 is 0 Å². The Morgan fingerprint density at radius 2 is 2.18 bits per heavy atom. The topological polar surface area (TPSA) is 52.0 Å². The smallest absolute Gasteiger partial charge is 0.0636 e. The molecule has 1 aromatic rings. The minimum Gasteiger partial charge on any atom is -0.397 e. The van der Waals surface area contributed by atoms with Gasteiger partial charge in [-0.05, 0) is 18.2 Å². The van der Waals surface area contributed by atoms with Gasteiger partial charge in [0, 0.05) is 10.8 Å². The van der Waals surface area contributed by atoms with Crippen molar-refractivity contribution in [2.45, 2.75) is 4.90 Å². The summed E-state index contributed by atoms with van der Waals surface area (Å²) >= 11 is 7.25. The first-order valence-electron chi connectivity index (χ1n) is 3.12. The Labute approximate surface area is 74.9 Å². The molecule has 0 bridgehead atoms. The first kappa shape index (κ1) is 8.71. The molecule has 0 aromatic heterocycles. The molecule has 0 radical (unpaired) electrons. The van der Waals surface area contributed by atoms with Crippen LogP contribution in [0.15, 0.2) is 23.1 Å². The number of nitrogen functional groups attached to an aromatic ring is 1. The van der Waals surface area contributed by atoms with Gasteiger partial charge in [0.25, 0.3) is 0 Å². The van der Waals surface area contributed by atoms with E-state index < -0.39 is 0 Å². The SMILES string of the molecule is NCSc1ccc(Cl)c(N)c1. The number of hydrogen-bond acceptors (Lipinski definition) is 3. The first-order valence-corrected chi connectivity index (χ1v) is 4.48. The molecule has 60 valence electrons. The molecule has 1 aromatic carbocycles. The number of nitrogens with two attached hydrogens (primary N) is 2. The maximum absolute atomic E-state index is 5.72. The molecule has 0 amide bonds. The molecule has 0 aliphatic heterocycles. The maximum Gasteiger partial charge on any atom is 0.0636 e. The van der Waals surface area contributed by atoms with Crippen LogP contribution in [-0.4, -0.2) is 5.88 Å². The highest BCUT2D eigenvalue weighted by atomic mass is 35.5. The second-order valence-electron chi connectivity index (χ2n) is 1.99. The van der Waals surface area contributed by atoms with Crippen molar-refractivity contribution in [1.29, 1.82) is 0 Å². The van der Waals surface area contributed by atoms with Crippen LogP contribution in [0.1, 0.15) is 0 Å². The highest BCUT2D eigenvalue weighted by Gasteiger charge is 1.96. The summed E-state index contributed by atoms with van der Waals surface area (Å²) < 4.78 is 0. The predicted molar refractivity (Wildman–Crippen MR) is 50.8 cm³/mol. The van der Waals surface area contributed by atoms with Crippen LogP contribution in [0.2, 0.25) is 5.02 Å². The van der Waals surface area contributed by atoms with E-state index in [9.17, 15) is 0 Å². The Bertz CT molecular complexity index is 252. The van der Waals surface area contributed by atoms with Crippen LogP contribution in [0.25, 0.3) is 0 Å². The zero-order valence-electron chi connectivity index (χ0n) is 5.88. The van der Waals surface area contributed by atoms with E-state index in [0.29, 0.717) is 16.6 Å². The zero-order valence-corrected chi connectivity index (χ0v) is 7.45. The molecular weight excluding hydrogens is 180 g/mol. The second-order valence-corrected chi connectivity index (χ2v) is 3.49. The minimum atomic E-state index is 0.557. The second kappa shape index (κ2) is 3.85. The normalized spacial score (nSPS) is 10.0. The van der Waals surface area contributed by atoms with Gasteiger partial charge in [0.2, 0.25) is 0 Å². The summed E-state index contributed by atoms with van der Waals surface area (Å²) in [6.45, 7) is 0. The zero-order chi connectivity index (χ0) is 8.27. The van der Waals surface area contributed by atoms with Gasteiger partial charge in [-0.25, -0.2) is 0 Å². The third-order valence-electron chi connectivity index (χ3n) is 1.22. The molecule has 4 heteroatoms. The monoisotopic (exact) mass is 188 g/mol. The van der Waals surface area contributed by atoms with Gasteiger partial charge < -0.3 is 11.5 Å². The summed E-state index contributed by atoms with van der Waals surface area (Å²) in [5.41, 5.74) is 11.5. The van der Waals surface area contributed by atoms with Gasteiger partial charge in [0.15, 0.2) is 0 Å². The van der Waals surface area contributed by atoms with Gasteiger partial charge in [0.1, 0.15) is 0 Å². The van der Waals surface area contributed by atoms with Gasteiger partial charge in [0.05, 0.1) is 10.7 Å².